The molecule has 6 nitrogen and oxygen atoms in total. The summed E-state index contributed by atoms with van der Waals surface area (Å²) in [6, 6.07) is 11.3. The Morgan fingerprint density at radius 2 is 1.83 bits per heavy atom. The molecule has 0 saturated carbocycles. The summed E-state index contributed by atoms with van der Waals surface area (Å²) in [5.74, 6) is 0.486. The highest BCUT2D eigenvalue weighted by atomic mass is 16.5. The first kappa shape index (κ1) is 16.2. The van der Waals surface area contributed by atoms with Gasteiger partial charge in [-0.1, -0.05) is 18.2 Å². The molecular formula is C18H21N3O3. The van der Waals surface area contributed by atoms with Crippen LogP contribution in [0.2, 0.25) is 0 Å². The molecule has 0 amide bonds. The number of carboxylic acids is 1. The van der Waals surface area contributed by atoms with Crippen molar-refractivity contribution in [3.63, 3.8) is 0 Å². The molecule has 1 aliphatic heterocycles. The Morgan fingerprint density at radius 1 is 1.12 bits per heavy atom. The van der Waals surface area contributed by atoms with E-state index in [4.69, 9.17) is 4.74 Å². The summed E-state index contributed by atoms with van der Waals surface area (Å²) in [4.78, 5) is 14.0. The predicted octanol–water partition coefficient (Wildman–Crippen LogP) is 2.60. The monoisotopic (exact) mass is 327 g/mol. The molecule has 2 heterocycles. The number of carboxylic acid groups (broad SMARTS) is 1. The summed E-state index contributed by atoms with van der Waals surface area (Å²) >= 11 is 0. The zero-order valence-electron chi connectivity index (χ0n) is 13.9. The number of piperidine rings is 1. The number of nitrogens with zero attached hydrogens (tertiary/aromatic N) is 3. The van der Waals surface area contributed by atoms with Crippen LogP contribution in [0.4, 0.5) is 5.82 Å². The van der Waals surface area contributed by atoms with Crippen molar-refractivity contribution in [2.75, 3.05) is 18.0 Å². The normalized spacial score (nSPS) is 16.7. The van der Waals surface area contributed by atoms with Crippen LogP contribution in [0.3, 0.4) is 0 Å². The molecular weight excluding hydrogens is 306 g/mol. The van der Waals surface area contributed by atoms with Gasteiger partial charge >= 0.3 is 5.97 Å². The van der Waals surface area contributed by atoms with E-state index in [1.165, 1.54) is 0 Å². The summed E-state index contributed by atoms with van der Waals surface area (Å²) in [7, 11) is 0. The highest BCUT2D eigenvalue weighted by Crippen LogP contribution is 2.32. The third kappa shape index (κ3) is 3.18. The van der Waals surface area contributed by atoms with Gasteiger partial charge in [0.05, 0.1) is 5.69 Å². The minimum Gasteiger partial charge on any atom is -0.478 e. The number of para-hydroxylation sites is 1. The number of aliphatic carboxylic acids is 1. The Morgan fingerprint density at radius 3 is 2.42 bits per heavy atom. The summed E-state index contributed by atoms with van der Waals surface area (Å²) in [5, 5.41) is 18.0. The van der Waals surface area contributed by atoms with Crippen LogP contribution in [-0.4, -0.2) is 40.0 Å². The number of hydrogen-bond donors (Lipinski definition) is 1. The first-order chi connectivity index (χ1) is 11.5. The fourth-order valence-corrected chi connectivity index (χ4v) is 2.90. The number of hydrogen-bond acceptors (Lipinski definition) is 5. The predicted molar refractivity (Wildman–Crippen MR) is 90.4 cm³/mol. The second-order valence-electron chi connectivity index (χ2n) is 6.19. The molecule has 1 aliphatic rings. The average molecular weight is 327 g/mol. The van der Waals surface area contributed by atoms with Crippen molar-refractivity contribution in [3.8, 4) is 5.75 Å². The number of benzene rings is 1. The van der Waals surface area contributed by atoms with Crippen molar-refractivity contribution in [2.45, 2.75) is 32.3 Å². The fraction of sp³-hybridized carbons (Fsp3) is 0.389. The van der Waals surface area contributed by atoms with Gasteiger partial charge in [0.2, 0.25) is 5.60 Å². The van der Waals surface area contributed by atoms with E-state index in [9.17, 15) is 9.90 Å². The zero-order valence-corrected chi connectivity index (χ0v) is 13.9. The lowest BCUT2D eigenvalue weighted by molar-refractivity contribution is -0.157. The van der Waals surface area contributed by atoms with Crippen molar-refractivity contribution in [1.29, 1.82) is 0 Å². The Bertz CT molecular complexity index is 723. The quantitative estimate of drug-likeness (QED) is 0.930. The van der Waals surface area contributed by atoms with Crippen molar-refractivity contribution in [1.82, 2.24) is 10.2 Å². The lowest BCUT2D eigenvalue weighted by Crippen LogP contribution is -2.53. The Balaban J connectivity index is 1.76. The summed E-state index contributed by atoms with van der Waals surface area (Å²) in [6.45, 7) is 4.94. The van der Waals surface area contributed by atoms with Gasteiger partial charge in [0.1, 0.15) is 5.75 Å². The van der Waals surface area contributed by atoms with Gasteiger partial charge in [-0.25, -0.2) is 4.79 Å². The lowest BCUT2D eigenvalue weighted by atomic mass is 9.91. The molecule has 1 aromatic heterocycles. The molecule has 1 aromatic carbocycles. The van der Waals surface area contributed by atoms with E-state index in [0.717, 1.165) is 17.1 Å². The molecule has 2 aromatic rings. The van der Waals surface area contributed by atoms with Gasteiger partial charge in [-0.05, 0) is 37.6 Å². The third-order valence-corrected chi connectivity index (χ3v) is 4.47. The van der Waals surface area contributed by atoms with E-state index in [1.807, 2.05) is 50.2 Å². The van der Waals surface area contributed by atoms with Crippen molar-refractivity contribution >= 4 is 11.8 Å². The van der Waals surface area contributed by atoms with Gasteiger partial charge in [-0.2, -0.15) is 5.10 Å². The van der Waals surface area contributed by atoms with Gasteiger partial charge in [0.15, 0.2) is 5.82 Å². The average Bonchev–Trinajstić information content (AvgIpc) is 2.58. The van der Waals surface area contributed by atoms with Crippen LogP contribution < -0.4 is 9.64 Å². The van der Waals surface area contributed by atoms with Crippen molar-refractivity contribution in [3.05, 3.63) is 47.7 Å². The van der Waals surface area contributed by atoms with Gasteiger partial charge in [0, 0.05) is 25.9 Å². The first-order valence-electron chi connectivity index (χ1n) is 8.03. The Labute approximate surface area is 141 Å². The first-order valence-corrected chi connectivity index (χ1v) is 8.03. The largest absolute Gasteiger partial charge is 0.478 e. The highest BCUT2D eigenvalue weighted by molar-refractivity contribution is 5.78. The van der Waals surface area contributed by atoms with E-state index in [-0.39, 0.29) is 0 Å². The van der Waals surface area contributed by atoms with Crippen LogP contribution >= 0.6 is 0 Å². The molecule has 0 bridgehead atoms. The summed E-state index contributed by atoms with van der Waals surface area (Å²) in [6.07, 6.45) is 0.790. The Kier molecular flexibility index (Phi) is 4.38. The minimum absolute atomic E-state index is 0.395. The summed E-state index contributed by atoms with van der Waals surface area (Å²) < 4.78 is 5.98. The number of aromatic nitrogens is 2. The molecule has 24 heavy (non-hydrogen) atoms. The smallest absolute Gasteiger partial charge is 0.348 e. The SMILES string of the molecule is Cc1ccc(N2CCC(Oc3ccccc3C)(C(=O)O)CC2)nn1. The van der Waals surface area contributed by atoms with Gasteiger partial charge < -0.3 is 14.7 Å². The molecule has 1 saturated heterocycles. The topological polar surface area (TPSA) is 75.5 Å². The molecule has 0 atom stereocenters. The van der Waals surface area contributed by atoms with E-state index >= 15 is 0 Å². The molecule has 1 fully saturated rings. The molecule has 0 spiro atoms. The van der Waals surface area contributed by atoms with Crippen LogP contribution in [0.25, 0.3) is 0 Å². The van der Waals surface area contributed by atoms with Crippen molar-refractivity contribution in [2.24, 2.45) is 0 Å². The van der Waals surface area contributed by atoms with Crippen molar-refractivity contribution < 1.29 is 14.6 Å². The van der Waals surface area contributed by atoms with Crippen LogP contribution in [0, 0.1) is 13.8 Å². The van der Waals surface area contributed by atoms with Crippen LogP contribution in [0.15, 0.2) is 36.4 Å². The van der Waals surface area contributed by atoms with E-state index in [1.54, 1.807) is 0 Å². The molecule has 1 N–H and O–H groups in total. The Hall–Kier alpha value is -2.63. The number of rotatable bonds is 4. The van der Waals surface area contributed by atoms with Crippen LogP contribution in [0.1, 0.15) is 24.1 Å². The van der Waals surface area contributed by atoms with Gasteiger partial charge in [-0.3, -0.25) is 0 Å². The molecule has 6 heteroatoms. The number of anilines is 1. The lowest BCUT2D eigenvalue weighted by Gasteiger charge is -2.39. The van der Waals surface area contributed by atoms with Gasteiger partial charge in [0.25, 0.3) is 0 Å². The highest BCUT2D eigenvalue weighted by Gasteiger charge is 2.44. The number of carbonyl (C=O) groups is 1. The maximum Gasteiger partial charge on any atom is 0.348 e. The maximum absolute atomic E-state index is 11.9. The molecule has 0 aliphatic carbocycles. The number of aryl methyl sites for hydroxylation is 2. The van der Waals surface area contributed by atoms with E-state index in [2.05, 4.69) is 15.1 Å². The van der Waals surface area contributed by atoms with Crippen LogP contribution in [0.5, 0.6) is 5.75 Å². The minimum atomic E-state index is -1.19. The van der Waals surface area contributed by atoms with E-state index in [0.29, 0.717) is 31.7 Å². The maximum atomic E-state index is 11.9. The molecule has 3 rings (SSSR count). The standard InChI is InChI=1S/C18H21N3O3/c1-13-5-3-4-6-15(13)24-18(17(22)23)9-11-21(12-10-18)16-8-7-14(2)19-20-16/h3-8H,9-12H2,1-2H3,(H,22,23). The molecule has 0 radical (unpaired) electrons. The third-order valence-electron chi connectivity index (χ3n) is 4.47. The molecule has 0 unspecified atom stereocenters. The van der Waals surface area contributed by atoms with E-state index < -0.39 is 11.6 Å². The zero-order chi connectivity index (χ0) is 17.2. The fourth-order valence-electron chi connectivity index (χ4n) is 2.90. The molecule has 126 valence electrons. The second-order valence-corrected chi connectivity index (χ2v) is 6.19. The van der Waals surface area contributed by atoms with Gasteiger partial charge in [-0.15, -0.1) is 5.10 Å². The van der Waals surface area contributed by atoms with Crippen LogP contribution in [-0.2, 0) is 4.79 Å². The number of ether oxygens (including phenoxy) is 1. The summed E-state index contributed by atoms with van der Waals surface area (Å²) in [5.41, 5.74) is 0.601. The second kappa shape index (κ2) is 6.47.